The number of methoxy groups -OCH3 is 1. The second-order valence-corrected chi connectivity index (χ2v) is 4.43. The molecule has 0 aliphatic carbocycles. The molecule has 0 heterocycles. The van der Waals surface area contributed by atoms with E-state index in [4.69, 9.17) is 0 Å². The van der Waals surface area contributed by atoms with Crippen molar-refractivity contribution in [1.29, 1.82) is 0 Å². The Morgan fingerprint density at radius 2 is 2.06 bits per heavy atom. The molecule has 0 radical (unpaired) electrons. The Balaban J connectivity index is 2.60. The second kappa shape index (κ2) is 6.44. The van der Waals surface area contributed by atoms with Gasteiger partial charge in [-0.25, -0.2) is 8.78 Å². The van der Waals surface area contributed by atoms with Crippen LogP contribution in [0.1, 0.15) is 10.4 Å². The van der Waals surface area contributed by atoms with Crippen LogP contribution in [0, 0.1) is 11.6 Å². The normalized spacial score (nSPS) is 11.8. The van der Waals surface area contributed by atoms with Crippen molar-refractivity contribution in [1.82, 2.24) is 5.32 Å². The van der Waals surface area contributed by atoms with Gasteiger partial charge in [-0.3, -0.25) is 9.59 Å². The van der Waals surface area contributed by atoms with Crippen molar-refractivity contribution in [3.8, 4) is 0 Å². The maximum absolute atomic E-state index is 12.9. The first kappa shape index (κ1) is 14.6. The molecule has 1 atom stereocenters. The summed E-state index contributed by atoms with van der Waals surface area (Å²) < 4.78 is 30.0. The summed E-state index contributed by atoms with van der Waals surface area (Å²) in [6.45, 7) is -0.0233. The zero-order valence-electron chi connectivity index (χ0n) is 9.38. The first-order chi connectivity index (χ1) is 8.45. The standard InChI is InChI=1S/C11H10BrF2NO3/c1-18-11(17)7(12)5-15-10(16)6-2-3-8(13)9(14)4-6/h2-4,7H,5H2,1H3,(H,15,16). The van der Waals surface area contributed by atoms with Crippen LogP contribution >= 0.6 is 15.9 Å². The van der Waals surface area contributed by atoms with Crippen LogP contribution in [0.25, 0.3) is 0 Å². The quantitative estimate of drug-likeness (QED) is 0.677. The maximum Gasteiger partial charge on any atom is 0.321 e. The van der Waals surface area contributed by atoms with Gasteiger partial charge in [0.2, 0.25) is 0 Å². The number of rotatable bonds is 4. The predicted molar refractivity (Wildman–Crippen MR) is 63.4 cm³/mol. The highest BCUT2D eigenvalue weighted by Crippen LogP contribution is 2.09. The summed E-state index contributed by atoms with van der Waals surface area (Å²) in [4.78, 5) is 21.9. The summed E-state index contributed by atoms with van der Waals surface area (Å²) in [5.74, 6) is -3.28. The van der Waals surface area contributed by atoms with Gasteiger partial charge in [0.1, 0.15) is 4.83 Å². The number of carbonyl (C=O) groups excluding carboxylic acids is 2. The van der Waals surface area contributed by atoms with Gasteiger partial charge in [-0.2, -0.15) is 0 Å². The van der Waals surface area contributed by atoms with Crippen LogP contribution < -0.4 is 5.32 Å². The third-order valence-corrected chi connectivity index (χ3v) is 2.78. The van der Waals surface area contributed by atoms with E-state index in [1.54, 1.807) is 0 Å². The number of hydrogen-bond acceptors (Lipinski definition) is 3. The zero-order chi connectivity index (χ0) is 13.7. The summed E-state index contributed by atoms with van der Waals surface area (Å²) >= 11 is 3.01. The number of amides is 1. The first-order valence-electron chi connectivity index (χ1n) is 4.91. The Bertz CT molecular complexity index is 468. The first-order valence-corrected chi connectivity index (χ1v) is 5.82. The molecule has 0 bridgehead atoms. The largest absolute Gasteiger partial charge is 0.468 e. The molecule has 18 heavy (non-hydrogen) atoms. The van der Waals surface area contributed by atoms with E-state index in [2.05, 4.69) is 26.0 Å². The number of alkyl halides is 1. The molecule has 0 aliphatic heterocycles. The molecule has 1 N–H and O–H groups in total. The van der Waals surface area contributed by atoms with Crippen LogP contribution in [0.3, 0.4) is 0 Å². The Morgan fingerprint density at radius 1 is 1.39 bits per heavy atom. The molecule has 0 aromatic heterocycles. The summed E-state index contributed by atoms with van der Waals surface area (Å²) in [5.41, 5.74) is -0.0292. The fourth-order valence-electron chi connectivity index (χ4n) is 1.13. The van der Waals surface area contributed by atoms with E-state index in [0.717, 1.165) is 18.2 Å². The molecule has 0 spiro atoms. The number of benzene rings is 1. The molecule has 1 aromatic carbocycles. The summed E-state index contributed by atoms with van der Waals surface area (Å²) in [6, 6.07) is 2.79. The Kier molecular flexibility index (Phi) is 5.21. The number of nitrogens with one attached hydrogen (secondary N) is 1. The molecule has 1 amide bonds. The number of carbonyl (C=O) groups is 2. The molecule has 0 saturated heterocycles. The molecule has 0 aliphatic rings. The molecule has 0 fully saturated rings. The minimum Gasteiger partial charge on any atom is -0.468 e. The average Bonchev–Trinajstić information content (AvgIpc) is 2.37. The van der Waals surface area contributed by atoms with Gasteiger partial charge in [0.15, 0.2) is 11.6 Å². The smallest absolute Gasteiger partial charge is 0.321 e. The third-order valence-electron chi connectivity index (χ3n) is 2.08. The van der Waals surface area contributed by atoms with Crippen LogP contribution in [0.15, 0.2) is 18.2 Å². The van der Waals surface area contributed by atoms with Crippen molar-refractivity contribution in [2.45, 2.75) is 4.83 Å². The third kappa shape index (κ3) is 3.76. The number of ether oxygens (including phenoxy) is 1. The highest BCUT2D eigenvalue weighted by molar-refractivity contribution is 9.10. The van der Waals surface area contributed by atoms with E-state index in [0.29, 0.717) is 0 Å². The van der Waals surface area contributed by atoms with Gasteiger partial charge in [-0.1, -0.05) is 15.9 Å². The molecule has 1 aromatic rings. The molecular formula is C11H10BrF2NO3. The molecule has 7 heteroatoms. The van der Waals surface area contributed by atoms with Gasteiger partial charge in [0.05, 0.1) is 7.11 Å². The predicted octanol–water partition coefficient (Wildman–Crippen LogP) is 1.63. The molecule has 4 nitrogen and oxygen atoms in total. The highest BCUT2D eigenvalue weighted by Gasteiger charge is 2.17. The van der Waals surface area contributed by atoms with Crippen molar-refractivity contribution in [2.75, 3.05) is 13.7 Å². The number of esters is 1. The molecule has 1 rings (SSSR count). The van der Waals surface area contributed by atoms with Crippen LogP contribution in [-0.2, 0) is 9.53 Å². The van der Waals surface area contributed by atoms with Crippen molar-refractivity contribution in [3.63, 3.8) is 0 Å². The fraction of sp³-hybridized carbons (Fsp3) is 0.273. The van der Waals surface area contributed by atoms with Crippen LogP contribution in [0.2, 0.25) is 0 Å². The lowest BCUT2D eigenvalue weighted by Gasteiger charge is -2.09. The van der Waals surface area contributed by atoms with E-state index in [-0.39, 0.29) is 12.1 Å². The SMILES string of the molecule is COC(=O)C(Br)CNC(=O)c1ccc(F)c(F)c1. The Labute approximate surface area is 110 Å². The van der Waals surface area contributed by atoms with E-state index in [1.165, 1.54) is 7.11 Å². The lowest BCUT2D eigenvalue weighted by Crippen LogP contribution is -2.33. The monoisotopic (exact) mass is 321 g/mol. The molecule has 98 valence electrons. The van der Waals surface area contributed by atoms with Gasteiger partial charge >= 0.3 is 5.97 Å². The van der Waals surface area contributed by atoms with Crippen LogP contribution in [0.4, 0.5) is 8.78 Å². The van der Waals surface area contributed by atoms with Gasteiger partial charge in [-0.15, -0.1) is 0 Å². The molecular weight excluding hydrogens is 312 g/mol. The Hall–Kier alpha value is -1.50. The fourth-order valence-corrected chi connectivity index (χ4v) is 1.48. The van der Waals surface area contributed by atoms with Crippen molar-refractivity contribution in [3.05, 3.63) is 35.4 Å². The lowest BCUT2D eigenvalue weighted by atomic mass is 10.2. The minimum absolute atomic E-state index is 0.0233. The number of hydrogen-bond donors (Lipinski definition) is 1. The van der Waals surface area contributed by atoms with Crippen molar-refractivity contribution >= 4 is 27.8 Å². The maximum atomic E-state index is 12.9. The van der Waals surface area contributed by atoms with E-state index in [9.17, 15) is 18.4 Å². The summed E-state index contributed by atoms with van der Waals surface area (Å²) in [5, 5.41) is 2.38. The lowest BCUT2D eigenvalue weighted by molar-refractivity contribution is -0.139. The second-order valence-electron chi connectivity index (χ2n) is 3.33. The summed E-state index contributed by atoms with van der Waals surface area (Å²) in [6.07, 6.45) is 0. The van der Waals surface area contributed by atoms with Crippen LogP contribution in [-0.4, -0.2) is 30.4 Å². The average molecular weight is 322 g/mol. The number of halogens is 3. The van der Waals surface area contributed by atoms with Gasteiger partial charge in [0.25, 0.3) is 5.91 Å². The highest BCUT2D eigenvalue weighted by atomic mass is 79.9. The van der Waals surface area contributed by atoms with Crippen molar-refractivity contribution in [2.24, 2.45) is 0 Å². The Morgan fingerprint density at radius 3 is 2.61 bits per heavy atom. The molecule has 1 unspecified atom stereocenters. The van der Waals surface area contributed by atoms with Crippen LogP contribution in [0.5, 0.6) is 0 Å². The van der Waals surface area contributed by atoms with Gasteiger partial charge in [0, 0.05) is 12.1 Å². The summed E-state index contributed by atoms with van der Waals surface area (Å²) in [7, 11) is 1.22. The van der Waals surface area contributed by atoms with E-state index < -0.39 is 28.3 Å². The molecule has 0 saturated carbocycles. The van der Waals surface area contributed by atoms with Crippen molar-refractivity contribution < 1.29 is 23.1 Å². The van der Waals surface area contributed by atoms with E-state index in [1.807, 2.05) is 0 Å². The topological polar surface area (TPSA) is 55.4 Å². The van der Waals surface area contributed by atoms with E-state index >= 15 is 0 Å². The van der Waals surface area contributed by atoms with Gasteiger partial charge < -0.3 is 10.1 Å². The zero-order valence-corrected chi connectivity index (χ0v) is 11.0. The minimum atomic E-state index is -1.11. The van der Waals surface area contributed by atoms with Gasteiger partial charge in [-0.05, 0) is 18.2 Å².